The zero-order valence-corrected chi connectivity index (χ0v) is 22.3. The number of morpholine rings is 1. The van der Waals surface area contributed by atoms with Crippen molar-refractivity contribution in [2.24, 2.45) is 10.9 Å². The maximum absolute atomic E-state index is 5.57. The Balaban J connectivity index is 0.00000363. The van der Waals surface area contributed by atoms with Crippen LogP contribution in [0.2, 0.25) is 0 Å². The Kier molecular flexibility index (Phi) is 12.7. The number of benzene rings is 1. The maximum Gasteiger partial charge on any atom is 0.191 e. The van der Waals surface area contributed by atoms with E-state index in [-0.39, 0.29) is 30.0 Å². The van der Waals surface area contributed by atoms with Gasteiger partial charge < -0.3 is 25.0 Å². The highest BCUT2D eigenvalue weighted by Crippen LogP contribution is 2.24. The largest absolute Gasteiger partial charge is 0.497 e. The molecule has 7 nitrogen and oxygen atoms in total. The summed E-state index contributed by atoms with van der Waals surface area (Å²) in [6, 6.07) is 8.69. The molecule has 1 atom stereocenters. The molecular weight excluding hydrogens is 517 g/mol. The smallest absolute Gasteiger partial charge is 0.191 e. The van der Waals surface area contributed by atoms with E-state index in [1.807, 2.05) is 19.2 Å². The summed E-state index contributed by atoms with van der Waals surface area (Å²) in [6.07, 6.45) is 3.85. The van der Waals surface area contributed by atoms with Crippen LogP contribution in [0.25, 0.3) is 0 Å². The fourth-order valence-corrected chi connectivity index (χ4v) is 4.57. The molecule has 1 unspecified atom stereocenters. The second-order valence-corrected chi connectivity index (χ2v) is 8.48. The Morgan fingerprint density at radius 1 is 1.12 bits per heavy atom. The summed E-state index contributed by atoms with van der Waals surface area (Å²) in [5.74, 6) is 2.60. The van der Waals surface area contributed by atoms with Crippen molar-refractivity contribution in [3.8, 4) is 5.75 Å². The molecule has 0 aromatic heterocycles. The SMILES string of the molecule is CCN1CCC(CCNC(=NC)NCC(c2ccc(OC)cc2)N2CCOCC2)CC1.I. The minimum Gasteiger partial charge on any atom is -0.497 e. The monoisotopic (exact) mass is 559 g/mol. The zero-order valence-electron chi connectivity index (χ0n) is 20.0. The number of hydrogen-bond acceptors (Lipinski definition) is 5. The molecule has 0 amide bonds. The molecule has 3 rings (SSSR count). The summed E-state index contributed by atoms with van der Waals surface area (Å²) in [5.41, 5.74) is 1.29. The Hall–Kier alpha value is -1.10. The second-order valence-electron chi connectivity index (χ2n) is 8.48. The molecule has 0 bridgehead atoms. The van der Waals surface area contributed by atoms with Gasteiger partial charge in [0.1, 0.15) is 5.75 Å². The molecule has 0 aliphatic carbocycles. The van der Waals surface area contributed by atoms with Gasteiger partial charge in [0.05, 0.1) is 26.4 Å². The number of ether oxygens (including phenoxy) is 2. The highest BCUT2D eigenvalue weighted by molar-refractivity contribution is 14.0. The van der Waals surface area contributed by atoms with Gasteiger partial charge in [-0.2, -0.15) is 0 Å². The third-order valence-corrected chi connectivity index (χ3v) is 6.67. The number of guanidine groups is 1. The van der Waals surface area contributed by atoms with Crippen LogP contribution in [0, 0.1) is 5.92 Å². The van der Waals surface area contributed by atoms with Crippen LogP contribution in [0.4, 0.5) is 0 Å². The summed E-state index contributed by atoms with van der Waals surface area (Å²) >= 11 is 0. The number of hydrogen-bond donors (Lipinski definition) is 2. The van der Waals surface area contributed by atoms with E-state index in [0.29, 0.717) is 0 Å². The maximum atomic E-state index is 5.57. The Morgan fingerprint density at radius 2 is 1.81 bits per heavy atom. The molecule has 2 saturated heterocycles. The van der Waals surface area contributed by atoms with Crippen molar-refractivity contribution in [2.45, 2.75) is 32.2 Å². The molecule has 2 N–H and O–H groups in total. The molecule has 32 heavy (non-hydrogen) atoms. The lowest BCUT2D eigenvalue weighted by atomic mass is 9.93. The highest BCUT2D eigenvalue weighted by Gasteiger charge is 2.23. The lowest BCUT2D eigenvalue weighted by molar-refractivity contribution is 0.0170. The third-order valence-electron chi connectivity index (χ3n) is 6.67. The molecule has 0 saturated carbocycles. The van der Waals surface area contributed by atoms with Crippen molar-refractivity contribution in [3.05, 3.63) is 29.8 Å². The fourth-order valence-electron chi connectivity index (χ4n) is 4.57. The van der Waals surface area contributed by atoms with Crippen LogP contribution in [0.5, 0.6) is 5.75 Å². The lowest BCUT2D eigenvalue weighted by Crippen LogP contribution is -2.46. The summed E-state index contributed by atoms with van der Waals surface area (Å²) in [6.45, 7) is 11.2. The van der Waals surface area contributed by atoms with E-state index in [2.05, 4.69) is 44.5 Å². The van der Waals surface area contributed by atoms with Gasteiger partial charge in [-0.15, -0.1) is 24.0 Å². The molecular formula is C24H42IN5O2. The van der Waals surface area contributed by atoms with E-state index in [1.54, 1.807) is 7.11 Å². The Bertz CT molecular complexity index is 659. The van der Waals surface area contributed by atoms with Crippen LogP contribution < -0.4 is 15.4 Å². The van der Waals surface area contributed by atoms with E-state index in [4.69, 9.17) is 9.47 Å². The Morgan fingerprint density at radius 3 is 2.41 bits per heavy atom. The van der Waals surface area contributed by atoms with Gasteiger partial charge in [-0.05, 0) is 62.5 Å². The number of likely N-dealkylation sites (tertiary alicyclic amines) is 1. The van der Waals surface area contributed by atoms with Crippen molar-refractivity contribution >= 4 is 29.9 Å². The van der Waals surface area contributed by atoms with Crippen molar-refractivity contribution in [1.82, 2.24) is 20.4 Å². The number of rotatable bonds is 9. The van der Waals surface area contributed by atoms with Crippen molar-refractivity contribution in [1.29, 1.82) is 0 Å². The quantitative estimate of drug-likeness (QED) is 0.276. The first-order chi connectivity index (χ1) is 15.2. The lowest BCUT2D eigenvalue weighted by Gasteiger charge is -2.35. The second kappa shape index (κ2) is 14.9. The van der Waals surface area contributed by atoms with Crippen molar-refractivity contribution in [2.75, 3.05) is 73.2 Å². The molecule has 2 heterocycles. The van der Waals surface area contributed by atoms with Crippen molar-refractivity contribution < 1.29 is 9.47 Å². The molecule has 0 spiro atoms. The first-order valence-electron chi connectivity index (χ1n) is 11.9. The number of piperidine rings is 1. The van der Waals surface area contributed by atoms with E-state index in [0.717, 1.165) is 57.0 Å². The molecule has 182 valence electrons. The number of halogens is 1. The van der Waals surface area contributed by atoms with Gasteiger partial charge >= 0.3 is 0 Å². The average Bonchev–Trinajstić information content (AvgIpc) is 2.84. The number of nitrogens with one attached hydrogen (secondary N) is 2. The van der Waals surface area contributed by atoms with Gasteiger partial charge in [0.25, 0.3) is 0 Å². The van der Waals surface area contributed by atoms with Gasteiger partial charge in [0.2, 0.25) is 0 Å². The highest BCUT2D eigenvalue weighted by atomic mass is 127. The molecule has 1 aromatic carbocycles. The van der Waals surface area contributed by atoms with E-state index < -0.39 is 0 Å². The van der Waals surface area contributed by atoms with Crippen LogP contribution in [0.3, 0.4) is 0 Å². The van der Waals surface area contributed by atoms with Crippen LogP contribution in [-0.2, 0) is 4.74 Å². The molecule has 1 aromatic rings. The van der Waals surface area contributed by atoms with Crippen LogP contribution >= 0.6 is 24.0 Å². The molecule has 2 aliphatic rings. The number of nitrogens with zero attached hydrogens (tertiary/aromatic N) is 3. The van der Waals surface area contributed by atoms with Crippen LogP contribution in [0.1, 0.15) is 37.8 Å². The van der Waals surface area contributed by atoms with E-state index in [1.165, 1.54) is 44.5 Å². The van der Waals surface area contributed by atoms with Gasteiger partial charge in [-0.1, -0.05) is 19.1 Å². The van der Waals surface area contributed by atoms with Gasteiger partial charge in [-0.3, -0.25) is 9.89 Å². The van der Waals surface area contributed by atoms with Gasteiger partial charge in [0.15, 0.2) is 5.96 Å². The minimum atomic E-state index is 0. The van der Waals surface area contributed by atoms with Gasteiger partial charge in [0, 0.05) is 33.2 Å². The summed E-state index contributed by atoms with van der Waals surface area (Å²) in [7, 11) is 3.56. The number of methoxy groups -OCH3 is 1. The van der Waals surface area contributed by atoms with Crippen LogP contribution in [0.15, 0.2) is 29.3 Å². The molecule has 2 fully saturated rings. The fraction of sp³-hybridized carbons (Fsp3) is 0.708. The molecule has 2 aliphatic heterocycles. The topological polar surface area (TPSA) is 61.4 Å². The number of aliphatic imine (C=N–C) groups is 1. The zero-order chi connectivity index (χ0) is 21.9. The first-order valence-corrected chi connectivity index (χ1v) is 11.9. The predicted octanol–water partition coefficient (Wildman–Crippen LogP) is 2.97. The summed E-state index contributed by atoms with van der Waals surface area (Å²) < 4.78 is 10.9. The normalized spacial score (nSPS) is 19.8. The minimum absolute atomic E-state index is 0. The van der Waals surface area contributed by atoms with Gasteiger partial charge in [-0.25, -0.2) is 0 Å². The standard InChI is InChI=1S/C24H41N5O2.HI/c1-4-28-13-10-20(11-14-28)9-12-26-24(25-2)27-19-23(29-15-17-31-18-16-29)21-5-7-22(30-3)8-6-21;/h5-8,20,23H,4,9-19H2,1-3H3,(H2,25,26,27);1H. The van der Waals surface area contributed by atoms with Crippen LogP contribution in [-0.4, -0.2) is 88.9 Å². The van der Waals surface area contributed by atoms with E-state index in [9.17, 15) is 0 Å². The summed E-state index contributed by atoms with van der Waals surface area (Å²) in [4.78, 5) is 9.50. The first kappa shape index (κ1) is 27.1. The summed E-state index contributed by atoms with van der Waals surface area (Å²) in [5, 5.41) is 7.10. The molecule has 0 radical (unpaired) electrons. The third kappa shape index (κ3) is 8.35. The van der Waals surface area contributed by atoms with E-state index >= 15 is 0 Å². The van der Waals surface area contributed by atoms with Crippen molar-refractivity contribution in [3.63, 3.8) is 0 Å². The average molecular weight is 560 g/mol. The molecule has 8 heteroatoms. The predicted molar refractivity (Wildman–Crippen MR) is 142 cm³/mol. The Labute approximate surface area is 211 Å².